The Balaban J connectivity index is 3.88. The van der Waals surface area contributed by atoms with Crippen LogP contribution in [-0.4, -0.2) is 27.7 Å². The molecule has 0 saturated carbocycles. The highest BCUT2D eigenvalue weighted by Gasteiger charge is 2.23. The number of carbonyl (C=O) groups is 1. The molecule has 3 nitrogen and oxygen atoms in total. The SMILES string of the molecule is CC(=O)CCC=C(C)CCC(O)C(C)(C)O. The Bertz CT molecular complexity index is 248. The highest BCUT2D eigenvalue weighted by molar-refractivity contribution is 5.75. The Kier molecular flexibility index (Phi) is 6.53. The van der Waals surface area contributed by atoms with E-state index in [2.05, 4.69) is 0 Å². The van der Waals surface area contributed by atoms with E-state index in [1.165, 1.54) is 0 Å². The molecule has 0 heterocycles. The molecule has 1 atom stereocenters. The molecule has 0 bridgehead atoms. The van der Waals surface area contributed by atoms with E-state index in [1.807, 2.05) is 13.0 Å². The molecule has 94 valence electrons. The lowest BCUT2D eigenvalue weighted by atomic mass is 9.95. The molecular weight excluding hydrogens is 204 g/mol. The minimum atomic E-state index is -1.04. The predicted molar refractivity (Wildman–Crippen MR) is 65.2 cm³/mol. The van der Waals surface area contributed by atoms with Crippen molar-refractivity contribution < 1.29 is 15.0 Å². The Morgan fingerprint density at radius 2 is 1.88 bits per heavy atom. The fourth-order valence-electron chi connectivity index (χ4n) is 1.34. The summed E-state index contributed by atoms with van der Waals surface area (Å²) in [6, 6.07) is 0. The first-order valence-electron chi connectivity index (χ1n) is 5.79. The van der Waals surface area contributed by atoms with E-state index in [0.29, 0.717) is 12.8 Å². The largest absolute Gasteiger partial charge is 0.390 e. The molecule has 2 N–H and O–H groups in total. The fraction of sp³-hybridized carbons (Fsp3) is 0.769. The van der Waals surface area contributed by atoms with E-state index in [9.17, 15) is 15.0 Å². The van der Waals surface area contributed by atoms with Crippen molar-refractivity contribution in [3.63, 3.8) is 0 Å². The number of hydrogen-bond donors (Lipinski definition) is 2. The van der Waals surface area contributed by atoms with Crippen LogP contribution in [0.25, 0.3) is 0 Å². The third-order valence-corrected chi connectivity index (χ3v) is 2.62. The summed E-state index contributed by atoms with van der Waals surface area (Å²) in [6.45, 7) is 6.78. The number of allylic oxidation sites excluding steroid dienone is 2. The molecule has 0 aliphatic rings. The van der Waals surface area contributed by atoms with Crippen molar-refractivity contribution in [2.24, 2.45) is 0 Å². The standard InChI is InChI=1S/C13H24O3/c1-10(6-5-7-11(2)14)8-9-12(15)13(3,4)16/h6,12,15-16H,5,7-9H2,1-4H3. The number of carbonyl (C=O) groups excluding carboxylic acids is 1. The molecule has 0 aromatic rings. The van der Waals surface area contributed by atoms with Crippen LogP contribution in [0.4, 0.5) is 0 Å². The number of rotatable bonds is 7. The van der Waals surface area contributed by atoms with Crippen LogP contribution >= 0.6 is 0 Å². The van der Waals surface area contributed by atoms with E-state index < -0.39 is 11.7 Å². The van der Waals surface area contributed by atoms with Crippen LogP contribution in [0.2, 0.25) is 0 Å². The van der Waals surface area contributed by atoms with E-state index >= 15 is 0 Å². The van der Waals surface area contributed by atoms with Crippen molar-refractivity contribution in [3.8, 4) is 0 Å². The van der Waals surface area contributed by atoms with E-state index in [-0.39, 0.29) is 5.78 Å². The van der Waals surface area contributed by atoms with Crippen molar-refractivity contribution in [1.29, 1.82) is 0 Å². The Morgan fingerprint density at radius 3 is 2.31 bits per heavy atom. The van der Waals surface area contributed by atoms with Crippen LogP contribution in [0.3, 0.4) is 0 Å². The van der Waals surface area contributed by atoms with Gasteiger partial charge in [0, 0.05) is 6.42 Å². The van der Waals surface area contributed by atoms with Gasteiger partial charge in [-0.3, -0.25) is 0 Å². The summed E-state index contributed by atoms with van der Waals surface area (Å²) >= 11 is 0. The molecule has 1 unspecified atom stereocenters. The summed E-state index contributed by atoms with van der Waals surface area (Å²) in [7, 11) is 0. The summed E-state index contributed by atoms with van der Waals surface area (Å²) in [5, 5.41) is 19.2. The number of hydrogen-bond acceptors (Lipinski definition) is 3. The first-order chi connectivity index (χ1) is 7.23. The molecule has 0 aromatic heterocycles. The van der Waals surface area contributed by atoms with Gasteiger partial charge in [-0.1, -0.05) is 11.6 Å². The lowest BCUT2D eigenvalue weighted by molar-refractivity contribution is -0.116. The summed E-state index contributed by atoms with van der Waals surface area (Å²) in [5.74, 6) is 0.195. The zero-order valence-electron chi connectivity index (χ0n) is 10.8. The summed E-state index contributed by atoms with van der Waals surface area (Å²) in [5.41, 5.74) is 0.115. The molecule has 0 amide bonds. The normalized spacial score (nSPS) is 15.0. The van der Waals surface area contributed by atoms with Gasteiger partial charge in [0.15, 0.2) is 0 Å². The summed E-state index contributed by atoms with van der Waals surface area (Å²) < 4.78 is 0. The third-order valence-electron chi connectivity index (χ3n) is 2.62. The number of ketones is 1. The van der Waals surface area contributed by atoms with E-state index in [0.717, 1.165) is 18.4 Å². The third kappa shape index (κ3) is 7.60. The van der Waals surface area contributed by atoms with Gasteiger partial charge in [0.1, 0.15) is 5.78 Å². The van der Waals surface area contributed by atoms with Crippen LogP contribution in [-0.2, 0) is 4.79 Å². The van der Waals surface area contributed by atoms with Crippen molar-refractivity contribution in [2.75, 3.05) is 0 Å². The second-order valence-electron chi connectivity index (χ2n) is 5.00. The molecule has 0 spiro atoms. The average Bonchev–Trinajstić information content (AvgIpc) is 2.11. The second kappa shape index (κ2) is 6.81. The average molecular weight is 228 g/mol. The number of aliphatic hydroxyl groups excluding tert-OH is 1. The molecule has 0 aliphatic heterocycles. The van der Waals surface area contributed by atoms with Gasteiger partial charge in [-0.05, 0) is 47.0 Å². The molecule has 0 radical (unpaired) electrons. The second-order valence-corrected chi connectivity index (χ2v) is 5.00. The van der Waals surface area contributed by atoms with Gasteiger partial charge < -0.3 is 15.0 Å². The maximum absolute atomic E-state index is 10.7. The zero-order valence-corrected chi connectivity index (χ0v) is 10.8. The predicted octanol–water partition coefficient (Wildman–Crippen LogP) is 2.21. The topological polar surface area (TPSA) is 57.5 Å². The maximum atomic E-state index is 10.7. The van der Waals surface area contributed by atoms with E-state index in [1.54, 1.807) is 20.8 Å². The monoisotopic (exact) mass is 228 g/mol. The molecule has 0 aliphatic carbocycles. The Labute approximate surface area is 98.2 Å². The molecule has 16 heavy (non-hydrogen) atoms. The van der Waals surface area contributed by atoms with E-state index in [4.69, 9.17) is 0 Å². The van der Waals surface area contributed by atoms with Gasteiger partial charge in [-0.15, -0.1) is 0 Å². The molecular formula is C13H24O3. The van der Waals surface area contributed by atoms with Crippen molar-refractivity contribution in [1.82, 2.24) is 0 Å². The molecule has 0 fully saturated rings. The van der Waals surface area contributed by atoms with Crippen LogP contribution in [0.1, 0.15) is 53.4 Å². The highest BCUT2D eigenvalue weighted by Crippen LogP contribution is 2.16. The zero-order chi connectivity index (χ0) is 12.8. The molecule has 0 aromatic carbocycles. The van der Waals surface area contributed by atoms with Crippen molar-refractivity contribution in [2.45, 2.75) is 65.1 Å². The lowest BCUT2D eigenvalue weighted by Gasteiger charge is -2.24. The first-order valence-corrected chi connectivity index (χ1v) is 5.79. The van der Waals surface area contributed by atoms with Crippen molar-refractivity contribution in [3.05, 3.63) is 11.6 Å². The first kappa shape index (κ1) is 15.3. The van der Waals surface area contributed by atoms with Gasteiger partial charge in [0.25, 0.3) is 0 Å². The lowest BCUT2D eigenvalue weighted by Crippen LogP contribution is -2.35. The maximum Gasteiger partial charge on any atom is 0.130 e. The molecule has 3 heteroatoms. The van der Waals surface area contributed by atoms with Crippen LogP contribution < -0.4 is 0 Å². The van der Waals surface area contributed by atoms with Crippen LogP contribution in [0, 0.1) is 0 Å². The van der Waals surface area contributed by atoms with Crippen LogP contribution in [0.15, 0.2) is 11.6 Å². The Morgan fingerprint density at radius 1 is 1.31 bits per heavy atom. The Hall–Kier alpha value is -0.670. The van der Waals surface area contributed by atoms with Gasteiger partial charge in [0.05, 0.1) is 11.7 Å². The number of aliphatic hydroxyl groups is 2. The van der Waals surface area contributed by atoms with Gasteiger partial charge in [0.2, 0.25) is 0 Å². The fourth-order valence-corrected chi connectivity index (χ4v) is 1.34. The molecule has 0 saturated heterocycles. The smallest absolute Gasteiger partial charge is 0.130 e. The summed E-state index contributed by atoms with van der Waals surface area (Å²) in [4.78, 5) is 10.7. The van der Waals surface area contributed by atoms with Crippen LogP contribution in [0.5, 0.6) is 0 Å². The quantitative estimate of drug-likeness (QED) is 0.657. The highest BCUT2D eigenvalue weighted by atomic mass is 16.3. The van der Waals surface area contributed by atoms with Gasteiger partial charge in [-0.2, -0.15) is 0 Å². The van der Waals surface area contributed by atoms with Gasteiger partial charge >= 0.3 is 0 Å². The van der Waals surface area contributed by atoms with Gasteiger partial charge in [-0.25, -0.2) is 0 Å². The van der Waals surface area contributed by atoms with Crippen molar-refractivity contribution >= 4 is 5.78 Å². The number of Topliss-reactive ketones (excluding diaryl/α,β-unsaturated/α-hetero) is 1. The minimum absolute atomic E-state index is 0.195. The summed E-state index contributed by atoms with van der Waals surface area (Å²) in [6.07, 6.45) is 3.96. The minimum Gasteiger partial charge on any atom is -0.390 e. The molecule has 0 rings (SSSR count).